The molecule has 8 nitrogen and oxygen atoms in total. The maximum atomic E-state index is 13.1. The molecule has 0 saturated carbocycles. The lowest BCUT2D eigenvalue weighted by Crippen LogP contribution is -2.54. The van der Waals surface area contributed by atoms with Gasteiger partial charge in [0.2, 0.25) is 0 Å². The highest BCUT2D eigenvalue weighted by Gasteiger charge is 2.68. The van der Waals surface area contributed by atoms with E-state index in [0.29, 0.717) is 35.9 Å². The maximum absolute atomic E-state index is 13.1. The van der Waals surface area contributed by atoms with Crippen LogP contribution in [0.25, 0.3) is 0 Å². The number of carbonyl (C=O) groups is 1. The molecule has 1 N–H and O–H groups in total. The maximum Gasteiger partial charge on any atom is 0.256 e. The minimum atomic E-state index is -1.35. The van der Waals surface area contributed by atoms with E-state index in [1.807, 2.05) is 19.1 Å². The number of methoxy groups -OCH3 is 1. The van der Waals surface area contributed by atoms with Crippen molar-refractivity contribution in [1.29, 1.82) is 0 Å². The molecule has 2 aliphatic heterocycles. The van der Waals surface area contributed by atoms with E-state index in [-0.39, 0.29) is 10.8 Å². The van der Waals surface area contributed by atoms with E-state index in [1.165, 1.54) is 7.11 Å². The Bertz CT molecular complexity index is 979. The van der Waals surface area contributed by atoms with Gasteiger partial charge in [0.1, 0.15) is 0 Å². The summed E-state index contributed by atoms with van der Waals surface area (Å²) in [7, 11) is 3.31. The molecule has 3 atom stereocenters. The highest BCUT2D eigenvalue weighted by Crippen LogP contribution is 2.52. The number of carbonyl (C=O) groups excluding carboxylic acids is 1. The molecule has 1 fully saturated rings. The van der Waals surface area contributed by atoms with Gasteiger partial charge in [-0.1, -0.05) is 24.3 Å². The molecule has 152 valence electrons. The molecule has 1 saturated heterocycles. The number of fused-ring (bicyclic) bond motifs is 2. The number of amides is 1. The zero-order valence-electron chi connectivity index (χ0n) is 16.5. The molecular weight excluding hydrogens is 374 g/mol. The van der Waals surface area contributed by atoms with Gasteiger partial charge in [0.25, 0.3) is 11.9 Å². The number of likely N-dealkylation sites (N-methyl/N-ethyl adjacent to an activating group) is 1. The first-order valence-electron chi connectivity index (χ1n) is 9.51. The highest BCUT2D eigenvalue weighted by atomic mass is 16.6. The molecule has 4 rings (SSSR count). The zero-order valence-corrected chi connectivity index (χ0v) is 16.5. The summed E-state index contributed by atoms with van der Waals surface area (Å²) in [5.74, 6) is 0.257. The van der Waals surface area contributed by atoms with Crippen LogP contribution in [0.5, 0.6) is 11.5 Å². The molecule has 2 aromatic carbocycles. The second-order valence-electron chi connectivity index (χ2n) is 7.33. The van der Waals surface area contributed by atoms with Crippen LogP contribution in [0.2, 0.25) is 0 Å². The summed E-state index contributed by atoms with van der Waals surface area (Å²) in [6, 6.07) is 11.4. The number of benzene rings is 2. The van der Waals surface area contributed by atoms with Crippen molar-refractivity contribution in [2.24, 2.45) is 0 Å². The SMILES string of the molecule is CCOc1ccc([C@@H]2CN(C)[C@@]3(C(=O)Nc4ccccc43)[C@@H]2[N+](=O)[O-])cc1OC. The Hall–Kier alpha value is -3.13. The van der Waals surface area contributed by atoms with Crippen LogP contribution in [-0.2, 0) is 10.3 Å². The van der Waals surface area contributed by atoms with Gasteiger partial charge in [-0.2, -0.15) is 0 Å². The zero-order chi connectivity index (χ0) is 20.8. The quantitative estimate of drug-likeness (QED) is 0.616. The number of para-hydroxylation sites is 1. The number of nitro groups is 1. The Balaban J connectivity index is 1.84. The van der Waals surface area contributed by atoms with Crippen molar-refractivity contribution < 1.29 is 19.2 Å². The summed E-state index contributed by atoms with van der Waals surface area (Å²) in [5.41, 5.74) is 0.667. The van der Waals surface area contributed by atoms with Gasteiger partial charge in [0.15, 0.2) is 17.0 Å². The third-order valence-electron chi connectivity index (χ3n) is 5.96. The number of likely N-dealkylation sites (tertiary alicyclic amines) is 1. The molecule has 2 aliphatic rings. The summed E-state index contributed by atoms with van der Waals surface area (Å²) in [6.07, 6.45) is 0. The predicted octanol–water partition coefficient (Wildman–Crippen LogP) is 2.62. The van der Waals surface area contributed by atoms with Gasteiger partial charge < -0.3 is 14.8 Å². The monoisotopic (exact) mass is 397 g/mol. The minimum absolute atomic E-state index is 0.321. The van der Waals surface area contributed by atoms with Gasteiger partial charge in [-0.3, -0.25) is 19.8 Å². The number of ether oxygens (including phenoxy) is 2. The van der Waals surface area contributed by atoms with Crippen molar-refractivity contribution in [2.45, 2.75) is 24.4 Å². The minimum Gasteiger partial charge on any atom is -0.493 e. The van der Waals surface area contributed by atoms with E-state index in [4.69, 9.17) is 9.47 Å². The Morgan fingerprint density at radius 2 is 2.03 bits per heavy atom. The van der Waals surface area contributed by atoms with E-state index >= 15 is 0 Å². The number of hydrogen-bond acceptors (Lipinski definition) is 6. The van der Waals surface area contributed by atoms with E-state index in [1.54, 1.807) is 42.3 Å². The third-order valence-corrected chi connectivity index (χ3v) is 5.96. The molecule has 1 amide bonds. The normalized spacial score (nSPS) is 25.7. The third kappa shape index (κ3) is 2.66. The summed E-state index contributed by atoms with van der Waals surface area (Å²) in [6.45, 7) is 2.73. The molecule has 29 heavy (non-hydrogen) atoms. The van der Waals surface area contributed by atoms with Crippen LogP contribution in [0.15, 0.2) is 42.5 Å². The van der Waals surface area contributed by atoms with Gasteiger partial charge in [0.05, 0.1) is 19.6 Å². The Kier molecular flexibility index (Phi) is 4.66. The second kappa shape index (κ2) is 7.04. The number of hydrogen-bond donors (Lipinski definition) is 1. The molecule has 1 spiro atoms. The molecule has 0 unspecified atom stereocenters. The highest BCUT2D eigenvalue weighted by molar-refractivity contribution is 6.06. The lowest BCUT2D eigenvalue weighted by Gasteiger charge is -2.30. The van der Waals surface area contributed by atoms with Crippen LogP contribution >= 0.6 is 0 Å². The second-order valence-corrected chi connectivity index (χ2v) is 7.33. The van der Waals surface area contributed by atoms with Crippen LogP contribution in [0, 0.1) is 10.1 Å². The van der Waals surface area contributed by atoms with Crippen molar-refractivity contribution in [3.63, 3.8) is 0 Å². The van der Waals surface area contributed by atoms with E-state index in [0.717, 1.165) is 5.56 Å². The summed E-state index contributed by atoms with van der Waals surface area (Å²) in [5, 5.41) is 15.2. The topological polar surface area (TPSA) is 93.9 Å². The largest absolute Gasteiger partial charge is 0.493 e. The van der Waals surface area contributed by atoms with Gasteiger partial charge >= 0.3 is 0 Å². The Morgan fingerprint density at radius 1 is 1.28 bits per heavy atom. The lowest BCUT2D eigenvalue weighted by atomic mass is 9.79. The van der Waals surface area contributed by atoms with Crippen LogP contribution in [-0.4, -0.2) is 49.1 Å². The Labute approximate surface area is 168 Å². The van der Waals surface area contributed by atoms with E-state index < -0.39 is 17.5 Å². The first-order chi connectivity index (χ1) is 13.9. The van der Waals surface area contributed by atoms with Crippen molar-refractivity contribution in [3.8, 4) is 11.5 Å². The van der Waals surface area contributed by atoms with Gasteiger partial charge in [-0.15, -0.1) is 0 Å². The van der Waals surface area contributed by atoms with E-state index in [9.17, 15) is 14.9 Å². The van der Waals surface area contributed by atoms with Crippen molar-refractivity contribution in [3.05, 3.63) is 63.7 Å². The first-order valence-corrected chi connectivity index (χ1v) is 9.51. The van der Waals surface area contributed by atoms with Crippen molar-refractivity contribution in [2.75, 3.05) is 32.6 Å². The summed E-state index contributed by atoms with van der Waals surface area (Å²) >= 11 is 0. The fraction of sp³-hybridized carbons (Fsp3) is 0.381. The number of anilines is 1. The first kappa shape index (κ1) is 19.2. The van der Waals surface area contributed by atoms with Crippen LogP contribution < -0.4 is 14.8 Å². The van der Waals surface area contributed by atoms with Gasteiger partial charge in [-0.25, -0.2) is 0 Å². The van der Waals surface area contributed by atoms with Crippen molar-refractivity contribution in [1.82, 2.24) is 4.90 Å². The summed E-state index contributed by atoms with van der Waals surface area (Å²) < 4.78 is 11.0. The van der Waals surface area contributed by atoms with Crippen LogP contribution in [0.1, 0.15) is 24.0 Å². The van der Waals surface area contributed by atoms with Crippen LogP contribution in [0.3, 0.4) is 0 Å². The Morgan fingerprint density at radius 3 is 2.72 bits per heavy atom. The van der Waals surface area contributed by atoms with Gasteiger partial charge in [0, 0.05) is 22.7 Å². The molecule has 0 bridgehead atoms. The standard InChI is InChI=1S/C21H23N3O5/c1-4-29-17-10-9-13(11-18(17)28-3)14-12-23(2)21(19(14)24(26)27)15-7-5-6-8-16(15)22-20(21)25/h5-11,14,19H,4,12H2,1-3H3,(H,22,25)/t14-,19+,21+/m0/s1. The molecule has 2 aromatic rings. The smallest absolute Gasteiger partial charge is 0.256 e. The van der Waals surface area contributed by atoms with Gasteiger partial charge in [-0.05, 0) is 37.7 Å². The molecule has 0 radical (unpaired) electrons. The number of nitrogens with one attached hydrogen (secondary N) is 1. The average molecular weight is 397 g/mol. The fourth-order valence-corrected chi connectivity index (χ4v) is 4.77. The van der Waals surface area contributed by atoms with Crippen LogP contribution in [0.4, 0.5) is 5.69 Å². The molecule has 0 aromatic heterocycles. The predicted molar refractivity (Wildman–Crippen MR) is 107 cm³/mol. The fourth-order valence-electron chi connectivity index (χ4n) is 4.77. The average Bonchev–Trinajstić information content (AvgIpc) is 3.18. The molecular formula is C21H23N3O5. The lowest BCUT2D eigenvalue weighted by molar-refractivity contribution is -0.534. The summed E-state index contributed by atoms with van der Waals surface area (Å²) in [4.78, 5) is 26.9. The molecule has 0 aliphatic carbocycles. The van der Waals surface area contributed by atoms with Crippen molar-refractivity contribution >= 4 is 11.6 Å². The number of rotatable bonds is 5. The molecule has 2 heterocycles. The number of nitrogens with zero attached hydrogens (tertiary/aromatic N) is 2. The van der Waals surface area contributed by atoms with E-state index in [2.05, 4.69) is 5.32 Å². The molecule has 8 heteroatoms.